The van der Waals surface area contributed by atoms with Crippen molar-refractivity contribution in [3.63, 3.8) is 0 Å². The van der Waals surface area contributed by atoms with Crippen LogP contribution in [-0.2, 0) is 14.6 Å². The number of nitrogens with zero attached hydrogens (tertiary/aromatic N) is 1. The highest BCUT2D eigenvalue weighted by atomic mass is 32.2. The van der Waals surface area contributed by atoms with Crippen molar-refractivity contribution in [2.24, 2.45) is 0 Å². The number of fused-ring (bicyclic) bond motifs is 2. The van der Waals surface area contributed by atoms with Crippen molar-refractivity contribution in [1.82, 2.24) is 10.2 Å². The quantitative estimate of drug-likeness (QED) is 0.770. The standard InChI is InChI=1S/C16H30N2O4S/c1-16(2,3)22-15(19)18-13-6-7-14(18)11-12(10-13)17-8-5-9-23(4,20)21/h12-14,17H,5-11H2,1-4H3/t13-,14-/m0/s1. The van der Waals surface area contributed by atoms with Crippen LogP contribution in [0.25, 0.3) is 0 Å². The third kappa shape index (κ3) is 5.64. The first-order chi connectivity index (χ1) is 10.6. The molecule has 0 aromatic rings. The molecule has 2 rings (SSSR count). The summed E-state index contributed by atoms with van der Waals surface area (Å²) in [4.78, 5) is 14.3. The fourth-order valence-electron chi connectivity index (χ4n) is 3.60. The van der Waals surface area contributed by atoms with E-state index in [4.69, 9.17) is 4.74 Å². The van der Waals surface area contributed by atoms with Crippen molar-refractivity contribution < 1.29 is 17.9 Å². The number of carbonyl (C=O) groups excluding carboxylic acids is 1. The zero-order valence-corrected chi connectivity index (χ0v) is 15.5. The lowest BCUT2D eigenvalue weighted by atomic mass is 9.97. The van der Waals surface area contributed by atoms with Gasteiger partial charge in [0.15, 0.2) is 0 Å². The zero-order chi connectivity index (χ0) is 17.3. The van der Waals surface area contributed by atoms with Gasteiger partial charge in [0, 0.05) is 24.4 Å². The summed E-state index contributed by atoms with van der Waals surface area (Å²) >= 11 is 0. The van der Waals surface area contributed by atoms with Crippen LogP contribution < -0.4 is 5.32 Å². The van der Waals surface area contributed by atoms with Gasteiger partial charge in [0.05, 0.1) is 5.75 Å². The molecule has 6 nitrogen and oxygen atoms in total. The molecule has 2 bridgehead atoms. The molecular weight excluding hydrogens is 316 g/mol. The summed E-state index contributed by atoms with van der Waals surface area (Å²) in [6, 6.07) is 0.859. The Bertz CT molecular complexity index is 513. The minimum atomic E-state index is -2.88. The Kier molecular flexibility index (Phi) is 5.61. The first-order valence-corrected chi connectivity index (χ1v) is 10.5. The SMILES string of the molecule is CC(C)(C)OC(=O)N1[C@H]2CC[C@H]1CC(NCCCS(C)(=O)=O)C2. The third-order valence-corrected chi connectivity index (χ3v) is 5.49. The summed E-state index contributed by atoms with van der Waals surface area (Å²) < 4.78 is 27.8. The van der Waals surface area contributed by atoms with Gasteiger partial charge in [0.2, 0.25) is 0 Å². The van der Waals surface area contributed by atoms with Crippen LogP contribution in [0.1, 0.15) is 52.9 Å². The Morgan fingerprint density at radius 2 is 1.78 bits per heavy atom. The summed E-state index contributed by atoms with van der Waals surface area (Å²) in [5, 5.41) is 3.46. The lowest BCUT2D eigenvalue weighted by Crippen LogP contribution is -2.52. The van der Waals surface area contributed by atoms with Crippen LogP contribution >= 0.6 is 0 Å². The predicted octanol–water partition coefficient (Wildman–Crippen LogP) is 1.94. The Balaban J connectivity index is 1.81. The molecule has 0 unspecified atom stereocenters. The van der Waals surface area contributed by atoms with Crippen molar-refractivity contribution in [1.29, 1.82) is 0 Å². The second kappa shape index (κ2) is 6.97. The molecule has 7 heteroatoms. The fraction of sp³-hybridized carbons (Fsp3) is 0.938. The molecule has 1 amide bonds. The molecule has 134 valence electrons. The maximum Gasteiger partial charge on any atom is 0.410 e. The van der Waals surface area contributed by atoms with Gasteiger partial charge in [-0.1, -0.05) is 0 Å². The largest absolute Gasteiger partial charge is 0.444 e. The Hall–Kier alpha value is -0.820. The highest BCUT2D eigenvalue weighted by Gasteiger charge is 2.44. The number of nitrogens with one attached hydrogen (secondary N) is 1. The number of carbonyl (C=O) groups is 1. The highest BCUT2D eigenvalue weighted by molar-refractivity contribution is 7.90. The lowest BCUT2D eigenvalue weighted by molar-refractivity contribution is 0.00476. The molecule has 2 atom stereocenters. The van der Waals surface area contributed by atoms with E-state index in [1.54, 1.807) is 0 Å². The average Bonchev–Trinajstić information content (AvgIpc) is 2.63. The molecular formula is C16H30N2O4S. The maximum absolute atomic E-state index is 12.4. The first kappa shape index (κ1) is 18.5. The van der Waals surface area contributed by atoms with E-state index in [9.17, 15) is 13.2 Å². The van der Waals surface area contributed by atoms with Gasteiger partial charge in [-0.05, 0) is 59.4 Å². The van der Waals surface area contributed by atoms with Crippen LogP contribution in [0, 0.1) is 0 Å². The van der Waals surface area contributed by atoms with Crippen molar-refractivity contribution in [3.05, 3.63) is 0 Å². The van der Waals surface area contributed by atoms with Crippen LogP contribution in [0.2, 0.25) is 0 Å². The average molecular weight is 346 g/mol. The number of hydrogen-bond donors (Lipinski definition) is 1. The zero-order valence-electron chi connectivity index (χ0n) is 14.7. The molecule has 0 saturated carbocycles. The molecule has 2 fully saturated rings. The molecule has 2 aliphatic heterocycles. The van der Waals surface area contributed by atoms with E-state index in [1.807, 2.05) is 25.7 Å². The van der Waals surface area contributed by atoms with Crippen LogP contribution in [0.3, 0.4) is 0 Å². The van der Waals surface area contributed by atoms with E-state index < -0.39 is 15.4 Å². The van der Waals surface area contributed by atoms with E-state index in [1.165, 1.54) is 6.26 Å². The van der Waals surface area contributed by atoms with Crippen LogP contribution in [0.4, 0.5) is 4.79 Å². The van der Waals surface area contributed by atoms with Gasteiger partial charge < -0.3 is 15.0 Å². The van der Waals surface area contributed by atoms with Crippen molar-refractivity contribution in [2.75, 3.05) is 18.6 Å². The van der Waals surface area contributed by atoms with Crippen molar-refractivity contribution >= 4 is 15.9 Å². The van der Waals surface area contributed by atoms with E-state index in [-0.39, 0.29) is 23.9 Å². The molecule has 1 N–H and O–H groups in total. The van der Waals surface area contributed by atoms with Gasteiger partial charge in [-0.25, -0.2) is 13.2 Å². The molecule has 0 radical (unpaired) electrons. The molecule has 2 heterocycles. The van der Waals surface area contributed by atoms with Gasteiger partial charge in [-0.15, -0.1) is 0 Å². The van der Waals surface area contributed by atoms with Crippen LogP contribution in [0.15, 0.2) is 0 Å². The van der Waals surface area contributed by atoms with Crippen molar-refractivity contribution in [3.8, 4) is 0 Å². The summed E-state index contributed by atoms with van der Waals surface area (Å²) in [5.41, 5.74) is -0.461. The molecule has 2 aliphatic rings. The summed E-state index contributed by atoms with van der Waals surface area (Å²) in [6.07, 6.45) is 5.63. The second-order valence-corrected chi connectivity index (χ2v) is 10.1. The van der Waals surface area contributed by atoms with E-state index in [2.05, 4.69) is 5.32 Å². The van der Waals surface area contributed by atoms with Gasteiger partial charge in [0.1, 0.15) is 15.4 Å². The Morgan fingerprint density at radius 3 is 2.26 bits per heavy atom. The predicted molar refractivity (Wildman–Crippen MR) is 90.2 cm³/mol. The molecule has 0 aliphatic carbocycles. The number of ether oxygens (including phenoxy) is 1. The van der Waals surface area contributed by atoms with Crippen LogP contribution in [0.5, 0.6) is 0 Å². The third-order valence-electron chi connectivity index (χ3n) is 4.46. The first-order valence-electron chi connectivity index (χ1n) is 8.47. The maximum atomic E-state index is 12.4. The number of sulfone groups is 1. The van der Waals surface area contributed by atoms with E-state index in [0.29, 0.717) is 19.0 Å². The monoisotopic (exact) mass is 346 g/mol. The fourth-order valence-corrected chi connectivity index (χ4v) is 4.27. The number of hydrogen-bond acceptors (Lipinski definition) is 5. The molecule has 0 aromatic heterocycles. The topological polar surface area (TPSA) is 75.7 Å². The van der Waals surface area contributed by atoms with Gasteiger partial charge in [-0.3, -0.25) is 0 Å². The molecule has 23 heavy (non-hydrogen) atoms. The van der Waals surface area contributed by atoms with Gasteiger partial charge >= 0.3 is 6.09 Å². The lowest BCUT2D eigenvalue weighted by Gasteiger charge is -2.39. The second-order valence-electron chi connectivity index (χ2n) is 7.88. The Labute approximate surface area is 139 Å². The molecule has 0 spiro atoms. The van der Waals surface area contributed by atoms with Crippen molar-refractivity contribution in [2.45, 2.75) is 76.6 Å². The number of piperidine rings is 1. The number of amides is 1. The molecule has 0 aromatic carbocycles. The summed E-state index contributed by atoms with van der Waals surface area (Å²) in [6.45, 7) is 6.39. The summed E-state index contributed by atoms with van der Waals surface area (Å²) in [5.74, 6) is 0.226. The van der Waals surface area contributed by atoms with E-state index >= 15 is 0 Å². The Morgan fingerprint density at radius 1 is 1.22 bits per heavy atom. The van der Waals surface area contributed by atoms with Gasteiger partial charge in [0.25, 0.3) is 0 Å². The van der Waals surface area contributed by atoms with E-state index in [0.717, 1.165) is 25.7 Å². The van der Waals surface area contributed by atoms with Crippen LogP contribution in [-0.4, -0.2) is 61.7 Å². The van der Waals surface area contributed by atoms with Gasteiger partial charge in [-0.2, -0.15) is 0 Å². The molecule has 2 saturated heterocycles. The number of rotatable bonds is 5. The minimum Gasteiger partial charge on any atom is -0.444 e. The summed E-state index contributed by atoms with van der Waals surface area (Å²) in [7, 11) is -2.88. The minimum absolute atomic E-state index is 0.194. The normalized spacial score (nSPS) is 28.0. The smallest absolute Gasteiger partial charge is 0.410 e. The highest BCUT2D eigenvalue weighted by Crippen LogP contribution is 2.36.